The summed E-state index contributed by atoms with van der Waals surface area (Å²) in [5.41, 5.74) is 1.80. The van der Waals surface area contributed by atoms with Crippen LogP contribution in [0.5, 0.6) is 0 Å². The zero-order valence-electron chi connectivity index (χ0n) is 11.0. The summed E-state index contributed by atoms with van der Waals surface area (Å²) < 4.78 is 1.32. The van der Waals surface area contributed by atoms with Crippen molar-refractivity contribution in [3.05, 3.63) is 33.4 Å². The lowest BCUT2D eigenvalue weighted by molar-refractivity contribution is 0.121. The van der Waals surface area contributed by atoms with Crippen LogP contribution in [0.3, 0.4) is 0 Å². The Bertz CT molecular complexity index is 413. The summed E-state index contributed by atoms with van der Waals surface area (Å²) in [6, 6.07) is 8.94. The van der Waals surface area contributed by atoms with E-state index in [1.165, 1.54) is 35.1 Å². The van der Waals surface area contributed by atoms with Crippen molar-refractivity contribution < 1.29 is 0 Å². The molecule has 0 radical (unpaired) electrons. The molecule has 3 heteroatoms. The molecule has 0 amide bonds. The molecule has 2 aliphatic rings. The molecule has 98 valence electrons. The molecule has 1 heterocycles. The predicted octanol–water partition coefficient (Wildman–Crippen LogP) is 2.87. The second kappa shape index (κ2) is 5.10. The fourth-order valence-corrected chi connectivity index (χ4v) is 3.44. The first-order valence-electron chi connectivity index (χ1n) is 6.87. The van der Waals surface area contributed by atoms with E-state index in [1.54, 1.807) is 0 Å². The van der Waals surface area contributed by atoms with Crippen LogP contribution >= 0.6 is 22.6 Å². The van der Waals surface area contributed by atoms with E-state index < -0.39 is 0 Å². The van der Waals surface area contributed by atoms with Crippen LogP contribution in [-0.4, -0.2) is 30.1 Å². The van der Waals surface area contributed by atoms with Crippen LogP contribution in [-0.2, 0) is 6.54 Å². The third-order valence-electron chi connectivity index (χ3n) is 4.31. The van der Waals surface area contributed by atoms with Crippen LogP contribution in [0.4, 0.5) is 0 Å². The Kier molecular flexibility index (Phi) is 3.65. The van der Waals surface area contributed by atoms with Gasteiger partial charge in [0, 0.05) is 35.3 Å². The van der Waals surface area contributed by atoms with Crippen LogP contribution in [0, 0.1) is 9.49 Å². The number of rotatable bonds is 3. The van der Waals surface area contributed by atoms with E-state index in [0.717, 1.165) is 19.0 Å². The highest BCUT2D eigenvalue weighted by Gasteiger charge is 2.43. The molecule has 1 unspecified atom stereocenters. The Balaban J connectivity index is 1.64. The van der Waals surface area contributed by atoms with Gasteiger partial charge >= 0.3 is 0 Å². The van der Waals surface area contributed by atoms with Gasteiger partial charge in [0.2, 0.25) is 0 Å². The standard InChI is InChI=1S/C15H21IN2/c1-15(13-4-5-13)11-18(9-8-17-15)10-12-2-6-14(16)7-3-12/h2-3,6-7,13,17H,4-5,8-11H2,1H3. The molecule has 1 aromatic carbocycles. The molecule has 1 saturated carbocycles. The van der Waals surface area contributed by atoms with Gasteiger partial charge in [-0.25, -0.2) is 0 Å². The van der Waals surface area contributed by atoms with Crippen LogP contribution < -0.4 is 5.32 Å². The van der Waals surface area contributed by atoms with Crippen molar-refractivity contribution in [2.24, 2.45) is 5.92 Å². The number of nitrogens with zero attached hydrogens (tertiary/aromatic N) is 1. The van der Waals surface area contributed by atoms with Crippen molar-refractivity contribution in [1.82, 2.24) is 10.2 Å². The number of hydrogen-bond acceptors (Lipinski definition) is 2. The highest BCUT2D eigenvalue weighted by molar-refractivity contribution is 14.1. The van der Waals surface area contributed by atoms with Gasteiger partial charge in [-0.1, -0.05) is 12.1 Å². The molecule has 2 nitrogen and oxygen atoms in total. The summed E-state index contributed by atoms with van der Waals surface area (Å²) in [5.74, 6) is 0.914. The summed E-state index contributed by atoms with van der Waals surface area (Å²) >= 11 is 2.37. The van der Waals surface area contributed by atoms with Gasteiger partial charge in [0.25, 0.3) is 0 Å². The molecule has 2 fully saturated rings. The van der Waals surface area contributed by atoms with Crippen molar-refractivity contribution in [2.45, 2.75) is 31.8 Å². The van der Waals surface area contributed by atoms with Crippen LogP contribution in [0.15, 0.2) is 24.3 Å². The molecule has 0 spiro atoms. The van der Waals surface area contributed by atoms with Crippen molar-refractivity contribution in [3.63, 3.8) is 0 Å². The largest absolute Gasteiger partial charge is 0.309 e. The van der Waals surface area contributed by atoms with Gasteiger partial charge in [-0.05, 0) is 66.0 Å². The molecular weight excluding hydrogens is 335 g/mol. The Morgan fingerprint density at radius 1 is 1.33 bits per heavy atom. The predicted molar refractivity (Wildman–Crippen MR) is 83.6 cm³/mol. The lowest BCUT2D eigenvalue weighted by atomic mass is 9.92. The second-order valence-corrected chi connectivity index (χ2v) is 7.20. The third-order valence-corrected chi connectivity index (χ3v) is 5.03. The van der Waals surface area contributed by atoms with Crippen LogP contribution in [0.25, 0.3) is 0 Å². The average Bonchev–Trinajstić information content (AvgIpc) is 3.17. The van der Waals surface area contributed by atoms with Crippen molar-refractivity contribution in [1.29, 1.82) is 0 Å². The maximum Gasteiger partial charge on any atom is 0.0309 e. The van der Waals surface area contributed by atoms with E-state index in [-0.39, 0.29) is 0 Å². The first-order valence-corrected chi connectivity index (χ1v) is 7.95. The minimum absolute atomic E-state index is 0.363. The van der Waals surface area contributed by atoms with E-state index >= 15 is 0 Å². The normalized spacial score (nSPS) is 29.4. The molecule has 0 aromatic heterocycles. The molecule has 0 bridgehead atoms. The fraction of sp³-hybridized carbons (Fsp3) is 0.600. The quantitative estimate of drug-likeness (QED) is 0.838. The number of hydrogen-bond donors (Lipinski definition) is 1. The SMILES string of the molecule is CC1(C2CC2)CN(Cc2ccc(I)cc2)CCN1. The van der Waals surface area contributed by atoms with Gasteiger partial charge in [-0.15, -0.1) is 0 Å². The van der Waals surface area contributed by atoms with E-state index in [9.17, 15) is 0 Å². The molecule has 1 aliphatic heterocycles. The topological polar surface area (TPSA) is 15.3 Å². The van der Waals surface area contributed by atoms with E-state index in [4.69, 9.17) is 0 Å². The highest BCUT2D eigenvalue weighted by atomic mass is 127. The van der Waals surface area contributed by atoms with E-state index in [2.05, 4.69) is 64.0 Å². The van der Waals surface area contributed by atoms with Crippen molar-refractivity contribution in [3.8, 4) is 0 Å². The zero-order valence-corrected chi connectivity index (χ0v) is 13.1. The van der Waals surface area contributed by atoms with Gasteiger partial charge in [-0.2, -0.15) is 0 Å². The number of piperazine rings is 1. The Hall–Kier alpha value is -0.130. The average molecular weight is 356 g/mol. The van der Waals surface area contributed by atoms with Gasteiger partial charge in [0.05, 0.1) is 0 Å². The molecule has 18 heavy (non-hydrogen) atoms. The first-order chi connectivity index (χ1) is 8.66. The molecular formula is C15H21IN2. The monoisotopic (exact) mass is 356 g/mol. The van der Waals surface area contributed by atoms with Gasteiger partial charge < -0.3 is 5.32 Å². The third kappa shape index (κ3) is 2.89. The van der Waals surface area contributed by atoms with Crippen LogP contribution in [0.1, 0.15) is 25.3 Å². The fourth-order valence-electron chi connectivity index (χ4n) is 3.08. The first kappa shape index (κ1) is 12.9. The molecule has 1 aromatic rings. The lowest BCUT2D eigenvalue weighted by Crippen LogP contribution is -2.59. The number of benzene rings is 1. The van der Waals surface area contributed by atoms with Crippen molar-refractivity contribution >= 4 is 22.6 Å². The molecule has 1 aliphatic carbocycles. The summed E-state index contributed by atoms with van der Waals surface area (Å²) in [7, 11) is 0. The smallest absolute Gasteiger partial charge is 0.0309 e. The summed E-state index contributed by atoms with van der Waals surface area (Å²) in [5, 5.41) is 3.74. The molecule has 1 saturated heterocycles. The maximum absolute atomic E-state index is 3.74. The summed E-state index contributed by atoms with van der Waals surface area (Å²) in [4.78, 5) is 2.61. The summed E-state index contributed by atoms with van der Waals surface area (Å²) in [6.45, 7) is 7.01. The minimum atomic E-state index is 0.363. The van der Waals surface area contributed by atoms with E-state index in [0.29, 0.717) is 5.54 Å². The molecule has 1 atom stereocenters. The summed E-state index contributed by atoms with van der Waals surface area (Å²) in [6.07, 6.45) is 2.84. The Morgan fingerprint density at radius 2 is 2.06 bits per heavy atom. The number of halogens is 1. The molecule has 3 rings (SSSR count). The second-order valence-electron chi connectivity index (χ2n) is 5.96. The number of nitrogens with one attached hydrogen (secondary N) is 1. The van der Waals surface area contributed by atoms with E-state index in [1.807, 2.05) is 0 Å². The lowest BCUT2D eigenvalue weighted by Gasteiger charge is -2.42. The molecule has 1 N–H and O–H groups in total. The minimum Gasteiger partial charge on any atom is -0.309 e. The van der Waals surface area contributed by atoms with Gasteiger partial charge in [0.15, 0.2) is 0 Å². The van der Waals surface area contributed by atoms with Gasteiger partial charge in [-0.3, -0.25) is 4.90 Å². The maximum atomic E-state index is 3.74. The Morgan fingerprint density at radius 3 is 2.72 bits per heavy atom. The van der Waals surface area contributed by atoms with Gasteiger partial charge in [0.1, 0.15) is 0 Å². The Labute approximate surface area is 123 Å². The van der Waals surface area contributed by atoms with Crippen LogP contribution in [0.2, 0.25) is 0 Å². The van der Waals surface area contributed by atoms with Crippen molar-refractivity contribution in [2.75, 3.05) is 19.6 Å². The highest BCUT2D eigenvalue weighted by Crippen LogP contribution is 2.40. The zero-order chi connectivity index (χ0) is 12.6.